The van der Waals surface area contributed by atoms with Crippen molar-refractivity contribution in [2.24, 2.45) is 11.1 Å². The molecule has 0 radical (unpaired) electrons. The van der Waals surface area contributed by atoms with Gasteiger partial charge in [0.2, 0.25) is 5.60 Å². The quantitative estimate of drug-likeness (QED) is 0.231. The van der Waals surface area contributed by atoms with Crippen molar-refractivity contribution in [3.63, 3.8) is 0 Å². The Kier molecular flexibility index (Phi) is 9.45. The number of ether oxygens (including phenoxy) is 3. The van der Waals surface area contributed by atoms with Gasteiger partial charge in [0.1, 0.15) is 11.3 Å². The number of anilines is 1. The molecule has 3 heterocycles. The molecular formula is C22H32N6O9S. The summed E-state index contributed by atoms with van der Waals surface area (Å²) in [4.78, 5) is 64.8. The number of carbonyl (C=O) groups is 4. The second-order valence-electron chi connectivity index (χ2n) is 9.84. The van der Waals surface area contributed by atoms with E-state index in [1.54, 1.807) is 20.8 Å². The number of nitrogens with one attached hydrogen (secondary N) is 3. The summed E-state index contributed by atoms with van der Waals surface area (Å²) in [5.41, 5.74) is 1.85. The van der Waals surface area contributed by atoms with Crippen molar-refractivity contribution in [3.8, 4) is 0 Å². The van der Waals surface area contributed by atoms with Gasteiger partial charge in [0.15, 0.2) is 17.6 Å². The van der Waals surface area contributed by atoms with E-state index in [9.17, 15) is 19.2 Å². The topological polar surface area (TPSA) is 179 Å². The van der Waals surface area contributed by atoms with E-state index in [1.807, 2.05) is 13.8 Å². The number of esters is 1. The van der Waals surface area contributed by atoms with Crippen molar-refractivity contribution in [3.05, 3.63) is 11.1 Å². The number of urea groups is 1. The van der Waals surface area contributed by atoms with Crippen molar-refractivity contribution < 1.29 is 43.1 Å². The van der Waals surface area contributed by atoms with Crippen molar-refractivity contribution in [1.29, 1.82) is 0 Å². The van der Waals surface area contributed by atoms with Crippen LogP contribution in [0.1, 0.15) is 53.2 Å². The van der Waals surface area contributed by atoms with Gasteiger partial charge in [0.05, 0.1) is 19.8 Å². The van der Waals surface area contributed by atoms with Crippen LogP contribution < -0.4 is 16.2 Å². The van der Waals surface area contributed by atoms with E-state index in [0.717, 1.165) is 16.3 Å². The largest absolute Gasteiger partial charge is 0.462 e. The van der Waals surface area contributed by atoms with E-state index in [-0.39, 0.29) is 61.8 Å². The molecule has 4 amide bonds. The van der Waals surface area contributed by atoms with E-state index in [4.69, 9.17) is 23.9 Å². The van der Waals surface area contributed by atoms with Crippen LogP contribution in [0, 0.1) is 5.92 Å². The lowest BCUT2D eigenvalue weighted by atomic mass is 9.94. The number of thiazole rings is 1. The Morgan fingerprint density at radius 1 is 1.29 bits per heavy atom. The number of oxime groups is 1. The SMILES string of the molecule is CC(C)COC(=O)C1(O/N=C(\C(=O)NN2CONC2=O)c2csc(NC(=O)OC(C)(C)C)n2)CCOCC1. The fraction of sp³-hybridized carbons (Fsp3) is 0.636. The summed E-state index contributed by atoms with van der Waals surface area (Å²) >= 11 is 1.00. The number of amides is 4. The molecule has 3 rings (SSSR count). The molecule has 0 unspecified atom stereocenters. The molecule has 2 saturated heterocycles. The Morgan fingerprint density at radius 3 is 2.61 bits per heavy atom. The second kappa shape index (κ2) is 12.4. The summed E-state index contributed by atoms with van der Waals surface area (Å²) in [5.74, 6) is -1.41. The highest BCUT2D eigenvalue weighted by molar-refractivity contribution is 7.14. The highest BCUT2D eigenvalue weighted by atomic mass is 32.1. The first-order valence-electron chi connectivity index (χ1n) is 11.9. The number of aromatic nitrogens is 1. The number of hydrogen-bond donors (Lipinski definition) is 3. The van der Waals surface area contributed by atoms with Crippen LogP contribution in [0.4, 0.5) is 14.7 Å². The third-order valence-electron chi connectivity index (χ3n) is 4.94. The van der Waals surface area contributed by atoms with Gasteiger partial charge in [-0.1, -0.05) is 19.0 Å². The average Bonchev–Trinajstić information content (AvgIpc) is 3.45. The van der Waals surface area contributed by atoms with Crippen LogP contribution in [0.15, 0.2) is 10.5 Å². The van der Waals surface area contributed by atoms with Gasteiger partial charge < -0.3 is 19.0 Å². The maximum atomic E-state index is 13.1. The fourth-order valence-electron chi connectivity index (χ4n) is 3.11. The number of hydrazine groups is 1. The minimum atomic E-state index is -1.49. The molecule has 2 fully saturated rings. The van der Waals surface area contributed by atoms with Gasteiger partial charge in [-0.3, -0.25) is 15.5 Å². The van der Waals surface area contributed by atoms with E-state index in [1.165, 1.54) is 5.38 Å². The van der Waals surface area contributed by atoms with Crippen LogP contribution in [0.2, 0.25) is 0 Å². The maximum Gasteiger partial charge on any atom is 0.413 e. The Bertz CT molecular complexity index is 1060. The lowest BCUT2D eigenvalue weighted by Crippen LogP contribution is -2.49. The molecule has 0 spiro atoms. The third kappa shape index (κ3) is 8.00. The molecule has 1 aromatic heterocycles. The van der Waals surface area contributed by atoms with Gasteiger partial charge in [0.25, 0.3) is 5.91 Å². The molecule has 38 heavy (non-hydrogen) atoms. The van der Waals surface area contributed by atoms with Crippen LogP contribution in [-0.2, 0) is 33.5 Å². The van der Waals surface area contributed by atoms with Crippen LogP contribution in [0.3, 0.4) is 0 Å². The summed E-state index contributed by atoms with van der Waals surface area (Å²) in [7, 11) is 0. The molecule has 0 aromatic carbocycles. The Hall–Kier alpha value is -3.50. The summed E-state index contributed by atoms with van der Waals surface area (Å²) < 4.78 is 16.0. The van der Waals surface area contributed by atoms with Gasteiger partial charge in [-0.25, -0.2) is 34.7 Å². The molecule has 0 atom stereocenters. The summed E-state index contributed by atoms with van der Waals surface area (Å²) in [6.07, 6.45) is -0.446. The van der Waals surface area contributed by atoms with Crippen LogP contribution in [0.25, 0.3) is 0 Å². The van der Waals surface area contributed by atoms with Gasteiger partial charge in [0, 0.05) is 18.2 Å². The van der Waals surface area contributed by atoms with Gasteiger partial charge in [-0.05, 0) is 26.7 Å². The van der Waals surface area contributed by atoms with Crippen molar-refractivity contribution >= 4 is 46.2 Å². The van der Waals surface area contributed by atoms with Gasteiger partial charge >= 0.3 is 18.1 Å². The number of nitrogens with zero attached hydrogens (tertiary/aromatic N) is 3. The summed E-state index contributed by atoms with van der Waals surface area (Å²) in [6.45, 7) is 9.29. The van der Waals surface area contributed by atoms with Crippen molar-refractivity contribution in [1.82, 2.24) is 20.9 Å². The molecule has 15 nitrogen and oxygen atoms in total. The van der Waals surface area contributed by atoms with E-state index >= 15 is 0 Å². The van der Waals surface area contributed by atoms with E-state index < -0.39 is 35.2 Å². The molecule has 16 heteroatoms. The van der Waals surface area contributed by atoms with E-state index in [2.05, 4.69) is 26.4 Å². The molecule has 0 bridgehead atoms. The third-order valence-corrected chi connectivity index (χ3v) is 5.69. The average molecular weight is 557 g/mol. The minimum Gasteiger partial charge on any atom is -0.462 e. The maximum absolute atomic E-state index is 13.1. The molecule has 3 N–H and O–H groups in total. The lowest BCUT2D eigenvalue weighted by molar-refractivity contribution is -0.186. The minimum absolute atomic E-state index is 0.0110. The van der Waals surface area contributed by atoms with Crippen molar-refractivity contribution in [2.75, 3.05) is 31.9 Å². The molecule has 1 aromatic rings. The van der Waals surface area contributed by atoms with Crippen molar-refractivity contribution in [2.45, 2.75) is 58.7 Å². The summed E-state index contributed by atoms with van der Waals surface area (Å²) in [6, 6.07) is -0.706. The number of hydroxylamine groups is 1. The van der Waals surface area contributed by atoms with Crippen LogP contribution >= 0.6 is 11.3 Å². The predicted octanol–water partition coefficient (Wildman–Crippen LogP) is 1.90. The zero-order valence-electron chi connectivity index (χ0n) is 21.8. The molecule has 210 valence electrons. The molecule has 0 saturated carbocycles. The zero-order chi connectivity index (χ0) is 27.9. The number of carbonyl (C=O) groups excluding carboxylic acids is 4. The Balaban J connectivity index is 1.86. The molecule has 0 aliphatic carbocycles. The lowest BCUT2D eigenvalue weighted by Gasteiger charge is -2.32. The standard InChI is InChI=1S/C22H32N6O9S/c1-13(2)10-34-17(30)22(6-8-33-9-7-22)37-26-15(16(29)25-28-12-35-27-19(28)31)14-11-38-18(23-14)24-20(32)36-21(3,4)5/h11,13H,6-10,12H2,1-5H3,(H,25,29)(H,27,31)(H,23,24,32)/b26-15-. The highest BCUT2D eigenvalue weighted by Crippen LogP contribution is 2.28. The predicted molar refractivity (Wildman–Crippen MR) is 133 cm³/mol. The molecule has 2 aliphatic rings. The first kappa shape index (κ1) is 29.1. The van der Waals surface area contributed by atoms with Crippen LogP contribution in [-0.4, -0.2) is 77.5 Å². The van der Waals surface area contributed by atoms with Crippen LogP contribution in [0.5, 0.6) is 0 Å². The van der Waals surface area contributed by atoms with Gasteiger partial charge in [-0.2, -0.15) is 0 Å². The molecular weight excluding hydrogens is 524 g/mol. The monoisotopic (exact) mass is 556 g/mol. The van der Waals surface area contributed by atoms with E-state index in [0.29, 0.717) is 0 Å². The zero-order valence-corrected chi connectivity index (χ0v) is 22.6. The second-order valence-corrected chi connectivity index (χ2v) is 10.7. The fourth-order valence-corrected chi connectivity index (χ4v) is 3.79. The smallest absolute Gasteiger partial charge is 0.413 e. The normalized spacial score (nSPS) is 17.6. The summed E-state index contributed by atoms with van der Waals surface area (Å²) in [5, 5.41) is 8.92. The molecule has 2 aliphatic heterocycles. The number of hydrogen-bond acceptors (Lipinski definition) is 12. The highest BCUT2D eigenvalue weighted by Gasteiger charge is 2.45. The Morgan fingerprint density at radius 2 is 2.00 bits per heavy atom. The first-order valence-corrected chi connectivity index (χ1v) is 12.7. The Labute approximate surface area is 223 Å². The van der Waals surface area contributed by atoms with Gasteiger partial charge in [-0.15, -0.1) is 11.3 Å². The number of rotatable bonds is 9. The first-order chi connectivity index (χ1) is 17.9.